The molecule has 0 amide bonds. The Balaban J connectivity index is 1.75. The van der Waals surface area contributed by atoms with Crippen molar-refractivity contribution >= 4 is 28.0 Å². The Bertz CT molecular complexity index is 1030. The van der Waals surface area contributed by atoms with Crippen LogP contribution in [0.3, 0.4) is 0 Å². The van der Waals surface area contributed by atoms with Crippen LogP contribution < -0.4 is 4.72 Å². The first-order valence-electron chi connectivity index (χ1n) is 7.96. The Labute approximate surface area is 152 Å². The first-order valence-corrected chi connectivity index (χ1v) is 9.44. The van der Waals surface area contributed by atoms with Gasteiger partial charge in [0, 0.05) is 5.69 Å². The van der Waals surface area contributed by atoms with E-state index in [-0.39, 0.29) is 10.6 Å². The molecule has 0 spiro atoms. The Morgan fingerprint density at radius 1 is 0.885 bits per heavy atom. The molecular weight excluding hydrogens is 348 g/mol. The van der Waals surface area contributed by atoms with Gasteiger partial charge in [-0.25, -0.2) is 13.4 Å². The second-order valence-electron chi connectivity index (χ2n) is 5.76. The molecule has 3 aromatic rings. The molecule has 0 fully saturated rings. The molecule has 0 aliphatic heterocycles. The van der Waals surface area contributed by atoms with E-state index >= 15 is 0 Å². The number of nitrogens with one attached hydrogen (secondary N) is 1. The number of hydrogen-bond donors (Lipinski definition) is 2. The molecule has 26 heavy (non-hydrogen) atoms. The monoisotopic (exact) mass is 366 g/mol. The molecule has 0 aliphatic carbocycles. The Hall–Kier alpha value is -3.12. The van der Waals surface area contributed by atoms with Crippen molar-refractivity contribution < 1.29 is 13.5 Å². The molecule has 1 aromatic heterocycles. The van der Waals surface area contributed by atoms with Crippen LogP contribution in [0.1, 0.15) is 16.8 Å². The van der Waals surface area contributed by atoms with Crippen LogP contribution in [0, 0.1) is 6.92 Å². The number of aromatic hydroxyl groups is 1. The molecule has 0 aliphatic rings. The first kappa shape index (κ1) is 17.7. The second-order valence-corrected chi connectivity index (χ2v) is 7.45. The predicted octanol–water partition coefficient (Wildman–Crippen LogP) is 4.07. The molecule has 0 radical (unpaired) electrons. The molecule has 3 rings (SSSR count). The number of hydrogen-bond acceptors (Lipinski definition) is 4. The number of rotatable bonds is 5. The van der Waals surface area contributed by atoms with Crippen molar-refractivity contribution in [2.75, 3.05) is 4.72 Å². The Morgan fingerprint density at radius 3 is 2.04 bits per heavy atom. The molecule has 2 N–H and O–H groups in total. The highest BCUT2D eigenvalue weighted by atomic mass is 32.2. The summed E-state index contributed by atoms with van der Waals surface area (Å²) < 4.78 is 27.4. The maximum atomic E-state index is 12.4. The summed E-state index contributed by atoms with van der Waals surface area (Å²) in [6.07, 6.45) is 3.76. The first-order chi connectivity index (χ1) is 12.4. The zero-order chi connectivity index (χ0) is 18.6. The van der Waals surface area contributed by atoms with Gasteiger partial charge in [0.25, 0.3) is 10.0 Å². The molecule has 5 nitrogen and oxygen atoms in total. The molecule has 0 unspecified atom stereocenters. The highest BCUT2D eigenvalue weighted by Crippen LogP contribution is 2.17. The van der Waals surface area contributed by atoms with Gasteiger partial charge >= 0.3 is 0 Å². The van der Waals surface area contributed by atoms with Crippen LogP contribution in [-0.2, 0) is 10.0 Å². The van der Waals surface area contributed by atoms with Crippen molar-refractivity contribution in [1.82, 2.24) is 4.98 Å². The van der Waals surface area contributed by atoms with Gasteiger partial charge in [0.1, 0.15) is 11.6 Å². The minimum atomic E-state index is -3.68. The average Bonchev–Trinajstić information content (AvgIpc) is 2.61. The summed E-state index contributed by atoms with van der Waals surface area (Å²) in [6.45, 7) is 1.80. The van der Waals surface area contributed by atoms with Crippen LogP contribution in [0.4, 0.5) is 5.82 Å². The van der Waals surface area contributed by atoms with Crippen LogP contribution >= 0.6 is 0 Å². The van der Waals surface area contributed by atoms with Crippen molar-refractivity contribution in [3.63, 3.8) is 0 Å². The molecule has 1 heterocycles. The van der Waals surface area contributed by atoms with Gasteiger partial charge < -0.3 is 5.11 Å². The van der Waals surface area contributed by atoms with Crippen molar-refractivity contribution in [1.29, 1.82) is 0 Å². The van der Waals surface area contributed by atoms with E-state index in [4.69, 9.17) is 0 Å². The molecule has 2 aromatic carbocycles. The van der Waals surface area contributed by atoms with Crippen molar-refractivity contribution in [3.05, 3.63) is 83.6 Å². The fourth-order valence-corrected chi connectivity index (χ4v) is 3.33. The number of aromatic nitrogens is 1. The summed E-state index contributed by atoms with van der Waals surface area (Å²) in [4.78, 5) is 4.32. The van der Waals surface area contributed by atoms with Gasteiger partial charge in [-0.3, -0.25) is 4.72 Å². The van der Waals surface area contributed by atoms with E-state index in [1.165, 1.54) is 0 Å². The zero-order valence-electron chi connectivity index (χ0n) is 14.1. The van der Waals surface area contributed by atoms with E-state index in [1.54, 1.807) is 73.7 Å². The van der Waals surface area contributed by atoms with Gasteiger partial charge in [0.15, 0.2) is 0 Å². The smallest absolute Gasteiger partial charge is 0.263 e. The Kier molecular flexibility index (Phi) is 5.04. The lowest BCUT2D eigenvalue weighted by Gasteiger charge is -2.08. The second kappa shape index (κ2) is 7.41. The molecule has 0 saturated heterocycles. The van der Waals surface area contributed by atoms with E-state index < -0.39 is 10.0 Å². The average molecular weight is 366 g/mol. The van der Waals surface area contributed by atoms with Gasteiger partial charge in [-0.1, -0.05) is 42.5 Å². The quantitative estimate of drug-likeness (QED) is 0.667. The van der Waals surface area contributed by atoms with Crippen molar-refractivity contribution in [3.8, 4) is 5.75 Å². The summed E-state index contributed by atoms with van der Waals surface area (Å²) in [5, 5.41) is 9.28. The molecular formula is C20H18N2O3S. The fourth-order valence-electron chi connectivity index (χ4n) is 2.33. The summed E-state index contributed by atoms with van der Waals surface area (Å²) >= 11 is 0. The summed E-state index contributed by atoms with van der Waals surface area (Å²) in [5.41, 5.74) is 2.54. The van der Waals surface area contributed by atoms with Gasteiger partial charge in [0.05, 0.1) is 4.90 Å². The number of benzene rings is 2. The van der Waals surface area contributed by atoms with E-state index in [0.717, 1.165) is 16.8 Å². The van der Waals surface area contributed by atoms with Gasteiger partial charge in [0.2, 0.25) is 0 Å². The SMILES string of the molecule is Cc1cccc(NS(=O)(=O)c2ccc(C=Cc3ccc(O)cc3)cc2)n1. The maximum absolute atomic E-state index is 12.4. The largest absolute Gasteiger partial charge is 0.508 e. The molecule has 6 heteroatoms. The van der Waals surface area contributed by atoms with Crippen LogP contribution in [0.25, 0.3) is 12.2 Å². The number of nitrogens with zero attached hydrogens (tertiary/aromatic N) is 1. The van der Waals surface area contributed by atoms with E-state index in [1.807, 2.05) is 12.2 Å². The van der Waals surface area contributed by atoms with Crippen LogP contribution in [0.2, 0.25) is 0 Å². The van der Waals surface area contributed by atoms with Gasteiger partial charge in [-0.05, 0) is 54.4 Å². The lowest BCUT2D eigenvalue weighted by Crippen LogP contribution is -2.14. The van der Waals surface area contributed by atoms with Crippen molar-refractivity contribution in [2.24, 2.45) is 0 Å². The molecule has 0 saturated carbocycles. The highest BCUT2D eigenvalue weighted by Gasteiger charge is 2.14. The predicted molar refractivity (Wildman–Crippen MR) is 103 cm³/mol. The third kappa shape index (κ3) is 4.49. The van der Waals surface area contributed by atoms with E-state index in [2.05, 4.69) is 9.71 Å². The lowest BCUT2D eigenvalue weighted by atomic mass is 10.1. The minimum Gasteiger partial charge on any atom is -0.508 e. The number of phenolic OH excluding ortho intramolecular Hbond substituents is 1. The zero-order valence-corrected chi connectivity index (χ0v) is 14.9. The Morgan fingerprint density at radius 2 is 1.46 bits per heavy atom. The number of phenols is 1. The number of sulfonamides is 1. The standard InChI is InChI=1S/C20H18N2O3S/c1-15-3-2-4-20(21-15)22-26(24,25)19-13-9-17(10-14-19)6-5-16-7-11-18(23)12-8-16/h2-14,23H,1H3,(H,21,22). The normalized spacial score (nSPS) is 11.6. The van der Waals surface area contributed by atoms with Crippen LogP contribution in [-0.4, -0.2) is 18.5 Å². The minimum absolute atomic E-state index is 0.169. The molecule has 132 valence electrons. The summed E-state index contributed by atoms with van der Waals surface area (Å²) in [5.74, 6) is 0.508. The number of anilines is 1. The van der Waals surface area contributed by atoms with Crippen molar-refractivity contribution in [2.45, 2.75) is 11.8 Å². The molecule has 0 bridgehead atoms. The fraction of sp³-hybridized carbons (Fsp3) is 0.0500. The van der Waals surface area contributed by atoms with Gasteiger partial charge in [-0.15, -0.1) is 0 Å². The highest BCUT2D eigenvalue weighted by molar-refractivity contribution is 7.92. The van der Waals surface area contributed by atoms with Crippen LogP contribution in [0.15, 0.2) is 71.6 Å². The summed E-state index contributed by atoms with van der Waals surface area (Å²) in [6, 6.07) is 18.5. The van der Waals surface area contributed by atoms with E-state index in [9.17, 15) is 13.5 Å². The lowest BCUT2D eigenvalue weighted by molar-refractivity contribution is 0.475. The van der Waals surface area contributed by atoms with Gasteiger partial charge in [-0.2, -0.15) is 0 Å². The molecule has 0 atom stereocenters. The third-order valence-electron chi connectivity index (χ3n) is 3.68. The van der Waals surface area contributed by atoms with Crippen LogP contribution in [0.5, 0.6) is 5.75 Å². The summed E-state index contributed by atoms with van der Waals surface area (Å²) in [7, 11) is -3.68. The third-order valence-corrected chi connectivity index (χ3v) is 5.05. The number of pyridine rings is 1. The number of aryl methyl sites for hydroxylation is 1. The van der Waals surface area contributed by atoms with E-state index in [0.29, 0.717) is 5.82 Å². The topological polar surface area (TPSA) is 79.3 Å². The maximum Gasteiger partial charge on any atom is 0.263 e.